The summed E-state index contributed by atoms with van der Waals surface area (Å²) in [6.45, 7) is 3.85. The molecule has 1 aromatic heterocycles. The normalized spacial score (nSPS) is 22.1. The van der Waals surface area contributed by atoms with E-state index in [2.05, 4.69) is 27.4 Å². The number of piperazine rings is 1. The van der Waals surface area contributed by atoms with Crippen LogP contribution < -0.4 is 11.0 Å². The first-order valence-corrected chi connectivity index (χ1v) is 6.51. The minimum Gasteiger partial charge on any atom is -0.308 e. The molecule has 1 aromatic rings. The van der Waals surface area contributed by atoms with Crippen LogP contribution in [0.4, 0.5) is 5.82 Å². The van der Waals surface area contributed by atoms with Gasteiger partial charge in [0.25, 0.3) is 5.56 Å². The van der Waals surface area contributed by atoms with E-state index in [0.717, 1.165) is 39.0 Å². The van der Waals surface area contributed by atoms with Crippen LogP contribution in [0.2, 0.25) is 0 Å². The maximum Gasteiger partial charge on any atom is 0.294 e. The van der Waals surface area contributed by atoms with Gasteiger partial charge in [0.05, 0.1) is 0 Å². The van der Waals surface area contributed by atoms with E-state index in [1.54, 1.807) is 17.0 Å². The van der Waals surface area contributed by atoms with Crippen LogP contribution in [0, 0.1) is 0 Å². The number of nitrogens with zero attached hydrogens (tertiary/aromatic N) is 4. The van der Waals surface area contributed by atoms with E-state index < -0.39 is 0 Å². The molecule has 0 unspecified atom stereocenters. The van der Waals surface area contributed by atoms with Crippen molar-refractivity contribution in [2.75, 3.05) is 38.7 Å². The van der Waals surface area contributed by atoms with E-state index in [1.165, 1.54) is 0 Å². The quantitative estimate of drug-likeness (QED) is 0.826. The Hall–Kier alpha value is -1.40. The summed E-state index contributed by atoms with van der Waals surface area (Å²) in [5.41, 5.74) is 3.15. The zero-order valence-corrected chi connectivity index (χ0v) is 10.7. The molecule has 0 atom stereocenters. The lowest BCUT2D eigenvalue weighted by molar-refractivity contribution is 0.178. The number of hydrogen-bond acceptors (Lipinski definition) is 5. The average molecular weight is 249 g/mol. The number of hydrogen-bond donors (Lipinski definition) is 1. The Morgan fingerprint density at radius 1 is 1.28 bits per heavy atom. The van der Waals surface area contributed by atoms with E-state index in [1.807, 2.05) is 0 Å². The van der Waals surface area contributed by atoms with Gasteiger partial charge in [0.2, 0.25) is 5.82 Å². The molecular weight excluding hydrogens is 230 g/mol. The molecule has 0 bridgehead atoms. The van der Waals surface area contributed by atoms with Crippen LogP contribution in [0.15, 0.2) is 17.2 Å². The smallest absolute Gasteiger partial charge is 0.294 e. The van der Waals surface area contributed by atoms with Gasteiger partial charge in [-0.05, 0) is 19.9 Å². The summed E-state index contributed by atoms with van der Waals surface area (Å²) in [5.74, 6) is 0.453. The standard InChI is InChI=1S/C12H19N5O/c1-15-6-8-16(9-7-15)14-11-12(18)17(5-4-13-11)10-2-3-10/h4-5,10H,2-3,6-9H2,1H3,(H,13,14). The van der Waals surface area contributed by atoms with Crippen molar-refractivity contribution in [3.63, 3.8) is 0 Å². The SMILES string of the molecule is CN1CCN(Nc2nccn(C3CC3)c2=O)CC1. The number of nitrogens with one attached hydrogen (secondary N) is 1. The number of anilines is 1. The molecule has 1 aliphatic carbocycles. The molecule has 1 aliphatic heterocycles. The highest BCUT2D eigenvalue weighted by Gasteiger charge is 2.25. The van der Waals surface area contributed by atoms with E-state index >= 15 is 0 Å². The Balaban J connectivity index is 1.72. The summed E-state index contributed by atoms with van der Waals surface area (Å²) >= 11 is 0. The maximum absolute atomic E-state index is 12.2. The number of likely N-dealkylation sites (N-methyl/N-ethyl adjacent to an activating group) is 1. The van der Waals surface area contributed by atoms with Crippen molar-refractivity contribution in [3.05, 3.63) is 22.7 Å². The van der Waals surface area contributed by atoms with Crippen LogP contribution in [0.3, 0.4) is 0 Å². The maximum atomic E-state index is 12.2. The molecular formula is C12H19N5O. The molecule has 0 aromatic carbocycles. The second kappa shape index (κ2) is 4.70. The minimum absolute atomic E-state index is 0.000993. The van der Waals surface area contributed by atoms with Crippen molar-refractivity contribution >= 4 is 5.82 Å². The molecule has 6 heteroatoms. The predicted molar refractivity (Wildman–Crippen MR) is 69.5 cm³/mol. The first kappa shape index (κ1) is 11.7. The molecule has 0 radical (unpaired) electrons. The highest BCUT2D eigenvalue weighted by molar-refractivity contribution is 5.30. The van der Waals surface area contributed by atoms with Gasteiger partial charge in [-0.15, -0.1) is 0 Å². The summed E-state index contributed by atoms with van der Waals surface area (Å²) < 4.78 is 1.80. The van der Waals surface area contributed by atoms with Crippen molar-refractivity contribution in [3.8, 4) is 0 Å². The molecule has 2 fully saturated rings. The highest BCUT2D eigenvalue weighted by Crippen LogP contribution is 2.33. The van der Waals surface area contributed by atoms with E-state index in [9.17, 15) is 4.79 Å². The molecule has 18 heavy (non-hydrogen) atoms. The number of hydrazine groups is 1. The van der Waals surface area contributed by atoms with Crippen LogP contribution >= 0.6 is 0 Å². The monoisotopic (exact) mass is 249 g/mol. The van der Waals surface area contributed by atoms with E-state index in [0.29, 0.717) is 11.9 Å². The van der Waals surface area contributed by atoms with Gasteiger partial charge >= 0.3 is 0 Å². The number of rotatable bonds is 3. The van der Waals surface area contributed by atoms with E-state index in [4.69, 9.17) is 0 Å². The molecule has 0 amide bonds. The third-order valence-corrected chi connectivity index (χ3v) is 3.58. The van der Waals surface area contributed by atoms with E-state index in [-0.39, 0.29) is 5.56 Å². The predicted octanol–water partition coefficient (Wildman–Crippen LogP) is 0.152. The molecule has 3 rings (SSSR count). The molecule has 1 N–H and O–H groups in total. The van der Waals surface area contributed by atoms with Gasteiger partial charge in [-0.2, -0.15) is 0 Å². The first-order valence-electron chi connectivity index (χ1n) is 6.51. The van der Waals surface area contributed by atoms with Crippen LogP contribution in [-0.2, 0) is 0 Å². The van der Waals surface area contributed by atoms with Gasteiger partial charge in [0, 0.05) is 44.6 Å². The lowest BCUT2D eigenvalue weighted by Crippen LogP contribution is -2.48. The molecule has 1 saturated carbocycles. The van der Waals surface area contributed by atoms with Crippen LogP contribution in [-0.4, -0.2) is 52.7 Å². The fraction of sp³-hybridized carbons (Fsp3) is 0.667. The van der Waals surface area contributed by atoms with Gasteiger partial charge in [0.1, 0.15) is 0 Å². The summed E-state index contributed by atoms with van der Waals surface area (Å²) in [6, 6.07) is 0.397. The molecule has 0 spiro atoms. The zero-order valence-electron chi connectivity index (χ0n) is 10.7. The van der Waals surface area contributed by atoms with Gasteiger partial charge in [0.15, 0.2) is 0 Å². The van der Waals surface area contributed by atoms with Crippen molar-refractivity contribution in [2.45, 2.75) is 18.9 Å². The van der Waals surface area contributed by atoms with Crippen molar-refractivity contribution < 1.29 is 0 Å². The first-order chi connectivity index (χ1) is 8.74. The Bertz CT molecular complexity index is 474. The van der Waals surface area contributed by atoms with Gasteiger partial charge in [-0.25, -0.2) is 9.99 Å². The van der Waals surface area contributed by atoms with Crippen molar-refractivity contribution in [1.82, 2.24) is 19.5 Å². The second-order valence-corrected chi connectivity index (χ2v) is 5.12. The summed E-state index contributed by atoms with van der Waals surface area (Å²) in [5, 5.41) is 2.07. The summed E-state index contributed by atoms with van der Waals surface area (Å²) in [7, 11) is 2.11. The Labute approximate surface area is 106 Å². The van der Waals surface area contributed by atoms with Gasteiger partial charge in [-0.1, -0.05) is 0 Å². The second-order valence-electron chi connectivity index (χ2n) is 5.12. The lowest BCUT2D eigenvalue weighted by atomic mass is 10.4. The van der Waals surface area contributed by atoms with Crippen LogP contribution in [0.1, 0.15) is 18.9 Å². The lowest BCUT2D eigenvalue weighted by Gasteiger charge is -2.32. The molecule has 1 saturated heterocycles. The molecule has 2 aliphatic rings. The molecule has 6 nitrogen and oxygen atoms in total. The Morgan fingerprint density at radius 2 is 2.00 bits per heavy atom. The Kier molecular flexibility index (Phi) is 3.05. The average Bonchev–Trinajstić information content (AvgIpc) is 3.19. The van der Waals surface area contributed by atoms with Gasteiger partial charge in [-0.3, -0.25) is 10.2 Å². The third kappa shape index (κ3) is 2.39. The third-order valence-electron chi connectivity index (χ3n) is 3.58. The summed E-state index contributed by atoms with van der Waals surface area (Å²) in [4.78, 5) is 18.6. The largest absolute Gasteiger partial charge is 0.308 e. The Morgan fingerprint density at radius 3 is 2.67 bits per heavy atom. The van der Waals surface area contributed by atoms with Gasteiger partial charge < -0.3 is 9.47 Å². The minimum atomic E-state index is -0.000993. The van der Waals surface area contributed by atoms with Crippen LogP contribution in [0.25, 0.3) is 0 Å². The zero-order chi connectivity index (χ0) is 12.5. The van der Waals surface area contributed by atoms with Crippen molar-refractivity contribution in [2.24, 2.45) is 0 Å². The summed E-state index contributed by atoms with van der Waals surface area (Å²) in [6.07, 6.45) is 5.71. The topological polar surface area (TPSA) is 53.4 Å². The fourth-order valence-electron chi connectivity index (χ4n) is 2.21. The number of aromatic nitrogens is 2. The highest BCUT2D eigenvalue weighted by atomic mass is 16.1. The molecule has 98 valence electrons. The molecule has 2 heterocycles. The fourth-order valence-corrected chi connectivity index (χ4v) is 2.21. The van der Waals surface area contributed by atoms with Crippen molar-refractivity contribution in [1.29, 1.82) is 0 Å². The van der Waals surface area contributed by atoms with Crippen LogP contribution in [0.5, 0.6) is 0 Å².